The molecule has 0 radical (unpaired) electrons. The fourth-order valence-corrected chi connectivity index (χ4v) is 3.99. The number of hydrogen-bond donors (Lipinski definition) is 1. The van der Waals surface area contributed by atoms with Crippen LogP contribution in [-0.2, 0) is 16.9 Å². The average molecular weight is 396 g/mol. The Hall–Kier alpha value is -3.00. The molecule has 1 aliphatic rings. The highest BCUT2D eigenvalue weighted by Crippen LogP contribution is 2.32. The quantitative estimate of drug-likeness (QED) is 0.661. The first kappa shape index (κ1) is 18.4. The number of amides is 3. The van der Waals surface area contributed by atoms with E-state index in [0.29, 0.717) is 11.7 Å². The van der Waals surface area contributed by atoms with E-state index in [1.165, 1.54) is 16.9 Å². The summed E-state index contributed by atoms with van der Waals surface area (Å²) in [6.07, 6.45) is 0. The molecule has 1 N–H and O–H groups in total. The Morgan fingerprint density at radius 1 is 1.21 bits per heavy atom. The summed E-state index contributed by atoms with van der Waals surface area (Å²) in [5, 5.41) is 8.62. The van der Waals surface area contributed by atoms with Gasteiger partial charge in [0.1, 0.15) is 6.54 Å². The van der Waals surface area contributed by atoms with Crippen molar-refractivity contribution in [3.63, 3.8) is 0 Å². The normalized spacial score (nSPS) is 19.5. The molecule has 8 heteroatoms. The third kappa shape index (κ3) is 3.09. The molecule has 144 valence electrons. The minimum atomic E-state index is -1.07. The van der Waals surface area contributed by atoms with Crippen LogP contribution in [0.25, 0.3) is 11.4 Å². The zero-order valence-electron chi connectivity index (χ0n) is 15.8. The van der Waals surface area contributed by atoms with Crippen LogP contribution in [0.3, 0.4) is 0 Å². The maximum absolute atomic E-state index is 12.9. The third-order valence-electron chi connectivity index (χ3n) is 4.89. The van der Waals surface area contributed by atoms with Crippen LogP contribution in [0.5, 0.6) is 0 Å². The summed E-state index contributed by atoms with van der Waals surface area (Å²) in [6.45, 7) is 5.89. The lowest BCUT2D eigenvalue weighted by atomic mass is 10.0. The number of nitrogens with zero attached hydrogens (tertiary/aromatic N) is 3. The number of urea groups is 1. The van der Waals surface area contributed by atoms with Gasteiger partial charge < -0.3 is 9.84 Å². The average Bonchev–Trinajstić information content (AvgIpc) is 3.41. The van der Waals surface area contributed by atoms with Gasteiger partial charge in [-0.3, -0.25) is 9.69 Å². The van der Waals surface area contributed by atoms with Crippen LogP contribution in [0.2, 0.25) is 0 Å². The Morgan fingerprint density at radius 3 is 2.61 bits per heavy atom. The van der Waals surface area contributed by atoms with E-state index >= 15 is 0 Å². The fourth-order valence-electron chi connectivity index (χ4n) is 3.16. The lowest BCUT2D eigenvalue weighted by Crippen LogP contribution is -2.40. The number of nitrogens with one attached hydrogen (secondary N) is 1. The molecule has 4 rings (SSSR count). The standard InChI is InChI=1S/C20H20N4O3S/c1-12(2)13-6-8-14(9-7-13)17-21-16(27-23-17)11-24-18(25)20(3,22-19(24)26)15-5-4-10-28-15/h4-10,12H,11H2,1-3H3,(H,22,26). The number of benzene rings is 1. The van der Waals surface area contributed by atoms with Gasteiger partial charge in [0.25, 0.3) is 5.91 Å². The molecule has 1 saturated heterocycles. The summed E-state index contributed by atoms with van der Waals surface area (Å²) in [5.41, 5.74) is 0.973. The summed E-state index contributed by atoms with van der Waals surface area (Å²) < 4.78 is 5.28. The lowest BCUT2D eigenvalue weighted by Gasteiger charge is -2.19. The highest BCUT2D eigenvalue weighted by molar-refractivity contribution is 7.10. The summed E-state index contributed by atoms with van der Waals surface area (Å²) in [7, 11) is 0. The second-order valence-corrected chi connectivity index (χ2v) is 8.16. The van der Waals surface area contributed by atoms with Crippen molar-refractivity contribution in [3.05, 3.63) is 58.1 Å². The second-order valence-electron chi connectivity index (χ2n) is 7.21. The van der Waals surface area contributed by atoms with Crippen molar-refractivity contribution < 1.29 is 14.1 Å². The van der Waals surface area contributed by atoms with Gasteiger partial charge in [0, 0.05) is 10.4 Å². The zero-order valence-corrected chi connectivity index (χ0v) is 16.6. The van der Waals surface area contributed by atoms with Gasteiger partial charge in [-0.1, -0.05) is 49.3 Å². The Balaban J connectivity index is 1.52. The monoisotopic (exact) mass is 396 g/mol. The van der Waals surface area contributed by atoms with Gasteiger partial charge in [0.05, 0.1) is 0 Å². The summed E-state index contributed by atoms with van der Waals surface area (Å²) in [4.78, 5) is 31.5. The number of imide groups is 1. The maximum atomic E-state index is 12.9. The molecule has 1 aromatic carbocycles. The number of aromatic nitrogens is 2. The molecule has 3 aromatic rings. The minimum absolute atomic E-state index is 0.0668. The highest BCUT2D eigenvalue weighted by atomic mass is 32.1. The molecule has 0 spiro atoms. The number of hydrogen-bond acceptors (Lipinski definition) is 6. The van der Waals surface area contributed by atoms with Gasteiger partial charge in [-0.15, -0.1) is 11.3 Å². The first-order valence-corrected chi connectivity index (χ1v) is 9.87. The van der Waals surface area contributed by atoms with Crippen molar-refractivity contribution in [3.8, 4) is 11.4 Å². The van der Waals surface area contributed by atoms with Crippen LogP contribution < -0.4 is 5.32 Å². The number of thiophene rings is 1. The van der Waals surface area contributed by atoms with Gasteiger partial charge >= 0.3 is 6.03 Å². The second kappa shape index (κ2) is 6.87. The molecule has 0 aliphatic carbocycles. The van der Waals surface area contributed by atoms with E-state index in [0.717, 1.165) is 15.3 Å². The number of rotatable bonds is 5. The summed E-state index contributed by atoms with van der Waals surface area (Å²) in [6, 6.07) is 11.1. The Morgan fingerprint density at radius 2 is 1.96 bits per heavy atom. The molecule has 0 bridgehead atoms. The molecule has 3 heterocycles. The predicted octanol–water partition coefficient (Wildman–Crippen LogP) is 3.89. The first-order valence-electron chi connectivity index (χ1n) is 8.99. The minimum Gasteiger partial charge on any atom is -0.337 e. The van der Waals surface area contributed by atoms with Crippen LogP contribution in [0.15, 0.2) is 46.3 Å². The van der Waals surface area contributed by atoms with Crippen molar-refractivity contribution >= 4 is 23.3 Å². The molecule has 1 atom stereocenters. The van der Waals surface area contributed by atoms with Gasteiger partial charge in [0.2, 0.25) is 11.7 Å². The van der Waals surface area contributed by atoms with Gasteiger partial charge in [0.15, 0.2) is 5.54 Å². The van der Waals surface area contributed by atoms with Crippen molar-refractivity contribution in [2.24, 2.45) is 0 Å². The number of carbonyl (C=O) groups excluding carboxylic acids is 2. The smallest absolute Gasteiger partial charge is 0.325 e. The van der Waals surface area contributed by atoms with Crippen molar-refractivity contribution in [2.75, 3.05) is 0 Å². The SMILES string of the molecule is CC(C)c1ccc(-c2noc(CN3C(=O)NC(C)(c4cccs4)C3=O)n2)cc1. The van der Waals surface area contributed by atoms with Crippen LogP contribution in [-0.4, -0.2) is 27.0 Å². The van der Waals surface area contributed by atoms with E-state index in [2.05, 4.69) is 29.3 Å². The van der Waals surface area contributed by atoms with Crippen LogP contribution in [0, 0.1) is 0 Å². The molecule has 3 amide bonds. The summed E-state index contributed by atoms with van der Waals surface area (Å²) >= 11 is 1.42. The highest BCUT2D eigenvalue weighted by Gasteiger charge is 2.50. The molecule has 1 aliphatic heterocycles. The Bertz CT molecular complexity index is 1010. The lowest BCUT2D eigenvalue weighted by molar-refractivity contribution is -0.131. The Labute approximate surface area is 166 Å². The van der Waals surface area contributed by atoms with E-state index in [4.69, 9.17) is 4.52 Å². The largest absolute Gasteiger partial charge is 0.337 e. The van der Waals surface area contributed by atoms with Gasteiger partial charge in [-0.2, -0.15) is 4.98 Å². The molecule has 28 heavy (non-hydrogen) atoms. The molecule has 1 fully saturated rings. The van der Waals surface area contributed by atoms with Crippen LogP contribution in [0.4, 0.5) is 4.79 Å². The van der Waals surface area contributed by atoms with Crippen LogP contribution in [0.1, 0.15) is 43.0 Å². The Kier molecular flexibility index (Phi) is 4.50. The molecular weight excluding hydrogens is 376 g/mol. The maximum Gasteiger partial charge on any atom is 0.325 e. The van der Waals surface area contributed by atoms with Crippen molar-refractivity contribution in [1.82, 2.24) is 20.4 Å². The van der Waals surface area contributed by atoms with Gasteiger partial charge in [-0.25, -0.2) is 4.79 Å². The molecular formula is C20H20N4O3S. The van der Waals surface area contributed by atoms with Crippen molar-refractivity contribution in [2.45, 2.75) is 38.8 Å². The van der Waals surface area contributed by atoms with E-state index < -0.39 is 11.6 Å². The molecule has 2 aromatic heterocycles. The molecule has 7 nitrogen and oxygen atoms in total. The topological polar surface area (TPSA) is 88.3 Å². The van der Waals surface area contributed by atoms with E-state index in [-0.39, 0.29) is 18.3 Å². The zero-order chi connectivity index (χ0) is 19.9. The molecule has 0 saturated carbocycles. The summed E-state index contributed by atoms with van der Waals surface area (Å²) in [5.74, 6) is 0.744. The van der Waals surface area contributed by atoms with E-state index in [1.807, 2.05) is 41.8 Å². The van der Waals surface area contributed by atoms with Crippen LogP contribution >= 0.6 is 11.3 Å². The van der Waals surface area contributed by atoms with E-state index in [1.54, 1.807) is 6.92 Å². The number of carbonyl (C=O) groups is 2. The fraction of sp³-hybridized carbons (Fsp3) is 0.300. The van der Waals surface area contributed by atoms with Crippen molar-refractivity contribution in [1.29, 1.82) is 0 Å². The third-order valence-corrected chi connectivity index (χ3v) is 5.98. The molecule has 1 unspecified atom stereocenters. The predicted molar refractivity (Wildman–Crippen MR) is 105 cm³/mol. The van der Waals surface area contributed by atoms with Gasteiger partial charge in [-0.05, 0) is 29.9 Å². The van der Waals surface area contributed by atoms with E-state index in [9.17, 15) is 9.59 Å². The first-order chi connectivity index (χ1) is 13.4.